The minimum Gasteiger partial charge on any atom is -0.496 e. The molecular weight excluding hydrogens is 412 g/mol. The number of benzene rings is 3. The third kappa shape index (κ3) is 3.58. The molecule has 33 heavy (non-hydrogen) atoms. The number of rotatable bonds is 5. The number of para-hydroxylation sites is 2. The molecule has 3 aromatic rings. The highest BCUT2D eigenvalue weighted by Crippen LogP contribution is 2.51. The summed E-state index contributed by atoms with van der Waals surface area (Å²) < 4.78 is 5.46. The van der Waals surface area contributed by atoms with Crippen molar-refractivity contribution in [3.63, 3.8) is 0 Å². The summed E-state index contributed by atoms with van der Waals surface area (Å²) in [6, 6.07) is 25.1. The van der Waals surface area contributed by atoms with Gasteiger partial charge in [0.1, 0.15) is 5.75 Å². The second-order valence-electron chi connectivity index (χ2n) is 8.84. The van der Waals surface area contributed by atoms with Gasteiger partial charge in [-0.25, -0.2) is 0 Å². The molecule has 1 saturated carbocycles. The van der Waals surface area contributed by atoms with E-state index in [4.69, 9.17) is 4.74 Å². The first-order valence-electron chi connectivity index (χ1n) is 11.5. The monoisotopic (exact) mass is 440 g/mol. The molecule has 1 spiro atoms. The molecule has 0 saturated heterocycles. The van der Waals surface area contributed by atoms with Crippen molar-refractivity contribution in [2.45, 2.75) is 43.7 Å². The first-order chi connectivity index (χ1) is 16.2. The van der Waals surface area contributed by atoms with Crippen molar-refractivity contribution in [3.05, 3.63) is 95.6 Å². The number of nitrogens with zero attached hydrogens (tertiary/aromatic N) is 1. The van der Waals surface area contributed by atoms with E-state index in [1.807, 2.05) is 83.8 Å². The molecule has 2 aliphatic rings. The van der Waals surface area contributed by atoms with Crippen LogP contribution in [0.25, 0.3) is 0 Å². The van der Waals surface area contributed by atoms with E-state index in [0.29, 0.717) is 12.1 Å². The van der Waals surface area contributed by atoms with E-state index in [9.17, 15) is 9.59 Å². The fourth-order valence-electron chi connectivity index (χ4n) is 5.65. The number of amides is 2. The topological polar surface area (TPSA) is 58.6 Å². The molecule has 2 amide bonds. The third-order valence-corrected chi connectivity index (χ3v) is 7.08. The van der Waals surface area contributed by atoms with Crippen molar-refractivity contribution in [3.8, 4) is 5.75 Å². The van der Waals surface area contributed by atoms with Gasteiger partial charge < -0.3 is 15.0 Å². The van der Waals surface area contributed by atoms with E-state index in [0.717, 1.165) is 48.2 Å². The normalized spacial score (nSPS) is 18.8. The summed E-state index contributed by atoms with van der Waals surface area (Å²) in [7, 11) is 1.63. The molecule has 0 radical (unpaired) electrons. The van der Waals surface area contributed by atoms with Crippen LogP contribution in [-0.2, 0) is 11.3 Å². The third-order valence-electron chi connectivity index (χ3n) is 7.08. The highest BCUT2D eigenvalue weighted by molar-refractivity contribution is 6.12. The highest BCUT2D eigenvalue weighted by atomic mass is 16.5. The second-order valence-corrected chi connectivity index (χ2v) is 8.84. The first kappa shape index (κ1) is 21.3. The predicted molar refractivity (Wildman–Crippen MR) is 128 cm³/mol. The number of anilines is 1. The molecular formula is C28H28N2O3. The van der Waals surface area contributed by atoms with E-state index in [1.165, 1.54) is 0 Å². The van der Waals surface area contributed by atoms with Gasteiger partial charge in [-0.15, -0.1) is 0 Å². The Morgan fingerprint density at radius 3 is 2.39 bits per heavy atom. The lowest BCUT2D eigenvalue weighted by Gasteiger charge is -2.50. The van der Waals surface area contributed by atoms with Crippen LogP contribution in [0, 0.1) is 0 Å². The Labute approximate surface area is 194 Å². The summed E-state index contributed by atoms with van der Waals surface area (Å²) in [5, 5.41) is 3.17. The molecule has 1 fully saturated rings. The molecule has 5 rings (SSSR count). The van der Waals surface area contributed by atoms with Crippen molar-refractivity contribution >= 4 is 17.5 Å². The summed E-state index contributed by atoms with van der Waals surface area (Å²) >= 11 is 0. The number of ether oxygens (including phenoxy) is 1. The minimum absolute atomic E-state index is 0.0209. The molecule has 5 heteroatoms. The number of carbonyl (C=O) groups is 2. The summed E-state index contributed by atoms with van der Waals surface area (Å²) in [6.45, 7) is 0.372. The Balaban J connectivity index is 1.57. The van der Waals surface area contributed by atoms with E-state index in [2.05, 4.69) is 5.32 Å². The lowest BCUT2D eigenvalue weighted by molar-refractivity contribution is -0.124. The van der Waals surface area contributed by atoms with E-state index >= 15 is 0 Å². The van der Waals surface area contributed by atoms with Crippen LogP contribution in [-0.4, -0.2) is 24.5 Å². The zero-order chi connectivity index (χ0) is 22.8. The van der Waals surface area contributed by atoms with Crippen LogP contribution in [0.3, 0.4) is 0 Å². The Hall–Kier alpha value is -3.60. The minimum atomic E-state index is -0.572. The van der Waals surface area contributed by atoms with Crippen molar-refractivity contribution in [1.82, 2.24) is 5.32 Å². The summed E-state index contributed by atoms with van der Waals surface area (Å²) in [5.41, 5.74) is 2.64. The predicted octanol–water partition coefficient (Wildman–Crippen LogP) is 5.07. The molecule has 5 nitrogen and oxygen atoms in total. The SMILES string of the molecule is COc1ccccc1CNC(=O)[C@@H]1c2ccccc2C(=O)N(c2ccccc2)C12CCCC2. The van der Waals surface area contributed by atoms with Crippen molar-refractivity contribution < 1.29 is 14.3 Å². The van der Waals surface area contributed by atoms with Crippen LogP contribution in [0.4, 0.5) is 5.69 Å². The largest absolute Gasteiger partial charge is 0.496 e. The lowest BCUT2D eigenvalue weighted by Crippen LogP contribution is -2.61. The Morgan fingerprint density at radius 1 is 0.970 bits per heavy atom. The number of methoxy groups -OCH3 is 1. The molecule has 0 aromatic heterocycles. The molecule has 1 aliphatic carbocycles. The Kier molecular flexibility index (Phi) is 5.63. The van der Waals surface area contributed by atoms with Crippen LogP contribution in [0.1, 0.15) is 53.1 Å². The molecule has 168 valence electrons. The van der Waals surface area contributed by atoms with Crippen LogP contribution in [0.15, 0.2) is 78.9 Å². The zero-order valence-electron chi connectivity index (χ0n) is 18.8. The van der Waals surface area contributed by atoms with Gasteiger partial charge in [-0.3, -0.25) is 9.59 Å². The highest BCUT2D eigenvalue weighted by Gasteiger charge is 2.56. The molecule has 1 atom stereocenters. The number of hydrogen-bond donors (Lipinski definition) is 1. The number of hydrogen-bond acceptors (Lipinski definition) is 3. The molecule has 1 heterocycles. The van der Waals surface area contributed by atoms with Crippen LogP contribution >= 0.6 is 0 Å². The van der Waals surface area contributed by atoms with Gasteiger partial charge >= 0.3 is 0 Å². The zero-order valence-corrected chi connectivity index (χ0v) is 18.8. The van der Waals surface area contributed by atoms with Crippen molar-refractivity contribution in [2.75, 3.05) is 12.0 Å². The first-order valence-corrected chi connectivity index (χ1v) is 11.5. The van der Waals surface area contributed by atoms with E-state index in [1.54, 1.807) is 7.11 Å². The maximum Gasteiger partial charge on any atom is 0.259 e. The second kappa shape index (κ2) is 8.74. The van der Waals surface area contributed by atoms with Gasteiger partial charge in [0, 0.05) is 23.4 Å². The number of nitrogens with one attached hydrogen (secondary N) is 1. The van der Waals surface area contributed by atoms with Gasteiger partial charge in [-0.05, 0) is 42.7 Å². The average molecular weight is 441 g/mol. The van der Waals surface area contributed by atoms with Crippen LogP contribution < -0.4 is 15.0 Å². The fourth-order valence-corrected chi connectivity index (χ4v) is 5.65. The van der Waals surface area contributed by atoms with E-state index < -0.39 is 11.5 Å². The van der Waals surface area contributed by atoms with Crippen molar-refractivity contribution in [1.29, 1.82) is 0 Å². The molecule has 3 aromatic carbocycles. The summed E-state index contributed by atoms with van der Waals surface area (Å²) in [6.07, 6.45) is 3.59. The van der Waals surface area contributed by atoms with Gasteiger partial charge in [0.25, 0.3) is 5.91 Å². The van der Waals surface area contributed by atoms with Gasteiger partial charge in [0.05, 0.1) is 18.6 Å². The van der Waals surface area contributed by atoms with Gasteiger partial charge in [0.15, 0.2) is 0 Å². The van der Waals surface area contributed by atoms with Gasteiger partial charge in [-0.1, -0.05) is 67.4 Å². The lowest BCUT2D eigenvalue weighted by atomic mass is 9.70. The van der Waals surface area contributed by atoms with Crippen LogP contribution in [0.2, 0.25) is 0 Å². The van der Waals surface area contributed by atoms with Crippen molar-refractivity contribution in [2.24, 2.45) is 0 Å². The summed E-state index contributed by atoms with van der Waals surface area (Å²) in [5.74, 6) is 0.235. The average Bonchev–Trinajstić information content (AvgIpc) is 3.33. The molecule has 1 N–H and O–H groups in total. The van der Waals surface area contributed by atoms with E-state index in [-0.39, 0.29) is 11.8 Å². The molecule has 1 aliphatic heterocycles. The number of carbonyl (C=O) groups excluding carboxylic acids is 2. The standard InChI is InChI=1S/C28H28N2O3/c1-33-24-16-8-5-11-20(24)19-29-26(31)25-22-14-6-7-15-23(22)27(32)30(21-12-3-2-4-13-21)28(25)17-9-10-18-28/h2-8,11-16,25H,9-10,17-19H2,1H3,(H,29,31)/t25-/m0/s1. The maximum absolute atomic E-state index is 13.9. The number of fused-ring (bicyclic) bond motifs is 1. The van der Waals surface area contributed by atoms with Gasteiger partial charge in [0.2, 0.25) is 5.91 Å². The quantitative estimate of drug-likeness (QED) is 0.603. The molecule has 0 unspecified atom stereocenters. The fraction of sp³-hybridized carbons (Fsp3) is 0.286. The summed E-state index contributed by atoms with van der Waals surface area (Å²) in [4.78, 5) is 29.6. The Bertz CT molecular complexity index is 1170. The van der Waals surface area contributed by atoms with Crippen LogP contribution in [0.5, 0.6) is 5.75 Å². The maximum atomic E-state index is 13.9. The molecule has 0 bridgehead atoms. The van der Waals surface area contributed by atoms with Gasteiger partial charge in [-0.2, -0.15) is 0 Å². The Morgan fingerprint density at radius 2 is 1.64 bits per heavy atom. The smallest absolute Gasteiger partial charge is 0.259 e.